The van der Waals surface area contributed by atoms with Crippen LogP contribution >= 0.6 is 10.8 Å². The second-order valence-electron chi connectivity index (χ2n) is 9.68. The maximum absolute atomic E-state index is 13.6. The third-order valence-corrected chi connectivity index (χ3v) is 9.19. The van der Waals surface area contributed by atoms with E-state index < -0.39 is 32.1 Å². The fourth-order valence-corrected chi connectivity index (χ4v) is 6.73. The molecule has 210 valence electrons. The summed E-state index contributed by atoms with van der Waals surface area (Å²) >= 11 is 0. The van der Waals surface area contributed by atoms with Gasteiger partial charge in [0.2, 0.25) is 0 Å². The number of aryl methyl sites for hydroxylation is 1. The lowest BCUT2D eigenvalue weighted by Crippen LogP contribution is -2.32. The van der Waals surface area contributed by atoms with Crippen molar-refractivity contribution in [2.75, 3.05) is 15.8 Å². The summed E-state index contributed by atoms with van der Waals surface area (Å²) in [5.74, 6) is -0.343. The number of para-hydroxylation sites is 1. The molecule has 0 saturated carbocycles. The van der Waals surface area contributed by atoms with E-state index in [9.17, 15) is 27.4 Å². The average Bonchev–Trinajstić information content (AvgIpc) is 2.88. The van der Waals surface area contributed by atoms with Crippen LogP contribution in [0.25, 0.3) is 11.0 Å². The van der Waals surface area contributed by atoms with E-state index >= 15 is 0 Å². The van der Waals surface area contributed by atoms with Crippen molar-refractivity contribution in [3.63, 3.8) is 0 Å². The Hall–Kier alpha value is -4.11. The summed E-state index contributed by atoms with van der Waals surface area (Å²) in [6, 6.07) is 13.2. The van der Waals surface area contributed by atoms with Gasteiger partial charge in [0.25, 0.3) is 15.6 Å². The van der Waals surface area contributed by atoms with Crippen LogP contribution < -0.4 is 21.3 Å². The molecule has 5 rings (SSSR count). The highest BCUT2D eigenvalue weighted by Gasteiger charge is 2.31. The smallest absolute Gasteiger partial charge is 0.267 e. The number of nitrogens with two attached hydrogens (primary N) is 1. The number of rotatable bonds is 7. The predicted molar refractivity (Wildman–Crippen MR) is 157 cm³/mol. The van der Waals surface area contributed by atoms with Crippen LogP contribution in [0.15, 0.2) is 79.8 Å². The van der Waals surface area contributed by atoms with E-state index in [1.54, 1.807) is 18.2 Å². The van der Waals surface area contributed by atoms with Crippen LogP contribution in [-0.4, -0.2) is 38.0 Å². The van der Waals surface area contributed by atoms with Crippen LogP contribution in [0.2, 0.25) is 0 Å². The number of aromatic nitrogens is 2. The summed E-state index contributed by atoms with van der Waals surface area (Å²) < 4.78 is 55.6. The van der Waals surface area contributed by atoms with Crippen LogP contribution in [0.1, 0.15) is 25.8 Å². The van der Waals surface area contributed by atoms with Gasteiger partial charge in [0.15, 0.2) is 5.84 Å². The first kappa shape index (κ1) is 27.5. The van der Waals surface area contributed by atoms with Crippen molar-refractivity contribution in [1.29, 1.82) is 0 Å². The quantitative estimate of drug-likeness (QED) is 0.171. The van der Waals surface area contributed by atoms with Gasteiger partial charge in [0.1, 0.15) is 26.8 Å². The van der Waals surface area contributed by atoms with E-state index in [-0.39, 0.29) is 44.2 Å². The van der Waals surface area contributed by atoms with Gasteiger partial charge in [-0.05, 0) is 54.8 Å². The molecule has 2 aromatic heterocycles. The zero-order valence-corrected chi connectivity index (χ0v) is 23.2. The van der Waals surface area contributed by atoms with Gasteiger partial charge in [-0.3, -0.25) is 23.2 Å². The number of anilines is 3. The van der Waals surface area contributed by atoms with Crippen molar-refractivity contribution in [2.45, 2.75) is 36.6 Å². The van der Waals surface area contributed by atoms with Crippen molar-refractivity contribution >= 4 is 54.7 Å². The number of aromatic hydroxyl groups is 1. The minimum Gasteiger partial charge on any atom is -0.506 e. The van der Waals surface area contributed by atoms with Crippen molar-refractivity contribution in [3.05, 3.63) is 76.7 Å². The van der Waals surface area contributed by atoms with Gasteiger partial charge in [-0.1, -0.05) is 36.8 Å². The Morgan fingerprint density at radius 1 is 1.12 bits per heavy atom. The number of sulfonamides is 1. The lowest BCUT2D eigenvalue weighted by atomic mass is 10.1. The molecule has 3 heterocycles. The molecule has 1 aliphatic heterocycles. The van der Waals surface area contributed by atoms with E-state index in [1.165, 1.54) is 47.2 Å². The first-order valence-corrected chi connectivity index (χ1v) is 15.2. The fourth-order valence-electron chi connectivity index (χ4n) is 4.36. The van der Waals surface area contributed by atoms with Gasteiger partial charge < -0.3 is 16.2 Å². The highest BCUT2D eigenvalue weighted by Crippen LogP contribution is 2.56. The Balaban J connectivity index is 1.56. The first-order chi connectivity index (χ1) is 18.9. The molecule has 40 heavy (non-hydrogen) atoms. The summed E-state index contributed by atoms with van der Waals surface area (Å²) in [6.07, 6.45) is 2.19. The van der Waals surface area contributed by atoms with Crippen molar-refractivity contribution in [1.82, 2.24) is 9.55 Å². The standard InChI is InChI=1S/C26H28N6O6S2/c1-15(2)11-13-32-25-17(6-5-12-28-25)23(33)22(26(32)34)24-29-19-10-9-16(14-21(19)40(37,38)31-24)30-39(35,36)20-8-4-3-7-18(20)27/h3-10,12,14-15,30,33,37-38H,11,13,27H2,1-2H3,(H,29,31). The van der Waals surface area contributed by atoms with Crippen molar-refractivity contribution < 1.29 is 22.6 Å². The number of nitrogens with zero attached hydrogens (tertiary/aromatic N) is 3. The third-order valence-electron chi connectivity index (χ3n) is 6.37. The minimum absolute atomic E-state index is 0.0399. The molecule has 4 aromatic rings. The second kappa shape index (κ2) is 10.1. The van der Waals surface area contributed by atoms with Crippen LogP contribution in [0.4, 0.5) is 17.1 Å². The Kier molecular flexibility index (Phi) is 6.95. The summed E-state index contributed by atoms with van der Waals surface area (Å²) in [5, 5.41) is 14.3. The number of nitrogens with one attached hydrogen (secondary N) is 2. The topological polar surface area (TPSA) is 192 Å². The highest BCUT2D eigenvalue weighted by atomic mass is 32.3. The zero-order valence-electron chi connectivity index (χ0n) is 21.6. The molecule has 1 aliphatic rings. The number of hydrogen-bond acceptors (Lipinski definition) is 10. The van der Waals surface area contributed by atoms with Crippen molar-refractivity contribution in [3.8, 4) is 5.75 Å². The lowest BCUT2D eigenvalue weighted by Gasteiger charge is -2.34. The number of hydrogen-bond donors (Lipinski definition) is 6. The molecular weight excluding hydrogens is 556 g/mol. The Morgan fingerprint density at radius 2 is 1.88 bits per heavy atom. The molecule has 0 atom stereocenters. The number of amidine groups is 1. The van der Waals surface area contributed by atoms with Gasteiger partial charge in [0.05, 0.1) is 22.4 Å². The molecule has 0 radical (unpaired) electrons. The van der Waals surface area contributed by atoms with Gasteiger partial charge in [-0.25, -0.2) is 13.4 Å². The molecule has 0 bridgehead atoms. The molecule has 0 spiro atoms. The fraction of sp³-hybridized carbons (Fsp3) is 0.192. The second-order valence-corrected chi connectivity index (χ2v) is 13.0. The molecule has 0 aliphatic carbocycles. The summed E-state index contributed by atoms with van der Waals surface area (Å²) in [7, 11) is -8.00. The Bertz CT molecular complexity index is 1840. The predicted octanol–water partition coefficient (Wildman–Crippen LogP) is 4.43. The van der Waals surface area contributed by atoms with Crippen LogP contribution in [0, 0.1) is 5.92 Å². The first-order valence-electron chi connectivity index (χ1n) is 12.3. The zero-order chi connectivity index (χ0) is 28.8. The molecule has 2 aromatic carbocycles. The Labute approximate surface area is 231 Å². The maximum Gasteiger partial charge on any atom is 0.267 e. The average molecular weight is 585 g/mol. The maximum atomic E-state index is 13.6. The number of nitrogen functional groups attached to an aromatic ring is 1. The van der Waals surface area contributed by atoms with Gasteiger partial charge in [-0.2, -0.15) is 0 Å². The highest BCUT2D eigenvalue weighted by molar-refractivity contribution is 8.23. The SMILES string of the molecule is CC(C)CCn1c(=O)c(C2=NS(O)(O)c3cc(NS(=O)(=O)c4ccccc4N)ccc3N2)c(O)c2cccnc21. The monoisotopic (exact) mass is 584 g/mol. The summed E-state index contributed by atoms with van der Waals surface area (Å²) in [5.41, 5.74) is 5.54. The van der Waals surface area contributed by atoms with Gasteiger partial charge >= 0.3 is 0 Å². The lowest BCUT2D eigenvalue weighted by molar-refractivity contribution is 0.473. The minimum atomic E-state index is -4.08. The van der Waals surface area contributed by atoms with E-state index in [4.69, 9.17) is 5.73 Å². The number of benzene rings is 2. The van der Waals surface area contributed by atoms with Crippen molar-refractivity contribution in [2.24, 2.45) is 10.3 Å². The number of fused-ring (bicyclic) bond motifs is 2. The molecule has 14 heteroatoms. The molecule has 0 saturated heterocycles. The number of pyridine rings is 2. The third kappa shape index (κ3) is 4.97. The molecule has 0 fully saturated rings. The van der Waals surface area contributed by atoms with E-state index in [0.717, 1.165) is 0 Å². The molecule has 12 nitrogen and oxygen atoms in total. The van der Waals surface area contributed by atoms with Gasteiger partial charge in [0, 0.05) is 12.7 Å². The Morgan fingerprint density at radius 3 is 2.60 bits per heavy atom. The summed E-state index contributed by atoms with van der Waals surface area (Å²) in [4.78, 5) is 17.7. The summed E-state index contributed by atoms with van der Waals surface area (Å²) in [6.45, 7) is 4.36. The van der Waals surface area contributed by atoms with Crippen LogP contribution in [0.3, 0.4) is 0 Å². The van der Waals surface area contributed by atoms with E-state index in [0.29, 0.717) is 24.0 Å². The molecular formula is C26H28N6O6S2. The van der Waals surface area contributed by atoms with Crippen LogP contribution in [-0.2, 0) is 16.6 Å². The van der Waals surface area contributed by atoms with E-state index in [2.05, 4.69) is 19.4 Å². The normalized spacial score (nSPS) is 15.3. The molecule has 7 N–H and O–H groups in total. The van der Waals surface area contributed by atoms with E-state index in [1.807, 2.05) is 13.8 Å². The molecule has 0 amide bonds. The van der Waals surface area contributed by atoms with Crippen LogP contribution in [0.5, 0.6) is 5.75 Å². The molecule has 0 unspecified atom stereocenters. The largest absolute Gasteiger partial charge is 0.506 e. The van der Waals surface area contributed by atoms with Gasteiger partial charge in [-0.15, -0.1) is 4.40 Å².